The van der Waals surface area contributed by atoms with Gasteiger partial charge in [0.25, 0.3) is 0 Å². The average molecular weight is 260 g/mol. The molecule has 3 heteroatoms. The zero-order chi connectivity index (χ0) is 13.7. The third kappa shape index (κ3) is 4.35. The molecular weight excluding hydrogens is 236 g/mol. The molecule has 1 fully saturated rings. The number of carbonyl (C=O) groups is 1. The average Bonchev–Trinajstić information content (AvgIpc) is 2.76. The van der Waals surface area contributed by atoms with Gasteiger partial charge in [0, 0.05) is 32.1 Å². The zero-order valence-corrected chi connectivity index (χ0v) is 11.9. The number of likely N-dealkylation sites (tertiary alicyclic amines) is 1. The Kier molecular flexibility index (Phi) is 4.97. The van der Waals surface area contributed by atoms with E-state index in [1.54, 1.807) is 0 Å². The summed E-state index contributed by atoms with van der Waals surface area (Å²) in [6.45, 7) is 6.99. The minimum atomic E-state index is 0.312. The van der Waals surface area contributed by atoms with E-state index < -0.39 is 0 Å². The van der Waals surface area contributed by atoms with Crippen molar-refractivity contribution in [3.8, 4) is 0 Å². The second-order valence-corrected chi connectivity index (χ2v) is 5.71. The van der Waals surface area contributed by atoms with E-state index >= 15 is 0 Å². The van der Waals surface area contributed by atoms with Crippen LogP contribution in [0.2, 0.25) is 0 Å². The minimum Gasteiger partial charge on any atom is -0.342 e. The number of carbonyl (C=O) groups excluding carboxylic acids is 1. The normalized spacial score (nSPS) is 19.4. The summed E-state index contributed by atoms with van der Waals surface area (Å²) in [6.07, 6.45) is 1.66. The third-order valence-corrected chi connectivity index (χ3v) is 3.62. The van der Waals surface area contributed by atoms with E-state index in [2.05, 4.69) is 43.4 Å². The lowest BCUT2D eigenvalue weighted by Crippen LogP contribution is -2.31. The highest BCUT2D eigenvalue weighted by Crippen LogP contribution is 2.17. The second-order valence-electron chi connectivity index (χ2n) is 5.71. The standard InChI is InChI=1S/C16H24N2O/c1-13(2)17-11-15-10-16(19)18(12-15)9-8-14-6-4-3-5-7-14/h3-7,13,15,17H,8-12H2,1-2H3. The lowest BCUT2D eigenvalue weighted by molar-refractivity contribution is -0.127. The van der Waals surface area contributed by atoms with Crippen molar-refractivity contribution in [2.24, 2.45) is 5.92 Å². The predicted octanol–water partition coefficient (Wildman–Crippen LogP) is 2.08. The van der Waals surface area contributed by atoms with Gasteiger partial charge in [-0.25, -0.2) is 0 Å². The van der Waals surface area contributed by atoms with Crippen molar-refractivity contribution in [2.45, 2.75) is 32.7 Å². The van der Waals surface area contributed by atoms with Crippen molar-refractivity contribution >= 4 is 5.91 Å². The first kappa shape index (κ1) is 14.1. The Morgan fingerprint density at radius 3 is 2.74 bits per heavy atom. The molecule has 1 aliphatic rings. The van der Waals surface area contributed by atoms with Gasteiger partial charge in [-0.1, -0.05) is 44.2 Å². The maximum absolute atomic E-state index is 11.9. The Bertz CT molecular complexity index is 402. The molecule has 0 saturated carbocycles. The number of rotatable bonds is 6. The Hall–Kier alpha value is -1.35. The number of hydrogen-bond acceptors (Lipinski definition) is 2. The predicted molar refractivity (Wildman–Crippen MR) is 78.0 cm³/mol. The van der Waals surface area contributed by atoms with E-state index in [1.165, 1.54) is 5.56 Å². The van der Waals surface area contributed by atoms with Crippen molar-refractivity contribution in [3.05, 3.63) is 35.9 Å². The van der Waals surface area contributed by atoms with Crippen molar-refractivity contribution < 1.29 is 4.79 Å². The van der Waals surface area contributed by atoms with Crippen LogP contribution in [0.1, 0.15) is 25.8 Å². The van der Waals surface area contributed by atoms with Gasteiger partial charge >= 0.3 is 0 Å². The molecule has 1 aromatic rings. The van der Waals surface area contributed by atoms with Crippen LogP contribution in [-0.4, -0.2) is 36.5 Å². The van der Waals surface area contributed by atoms with Crippen LogP contribution in [0, 0.1) is 5.92 Å². The monoisotopic (exact) mass is 260 g/mol. The molecule has 104 valence electrons. The van der Waals surface area contributed by atoms with Crippen molar-refractivity contribution in [3.63, 3.8) is 0 Å². The second kappa shape index (κ2) is 6.71. The molecule has 2 rings (SSSR count). The highest BCUT2D eigenvalue weighted by atomic mass is 16.2. The topological polar surface area (TPSA) is 32.3 Å². The molecule has 0 aliphatic carbocycles. The van der Waals surface area contributed by atoms with Crippen LogP contribution in [0.5, 0.6) is 0 Å². The maximum atomic E-state index is 11.9. The van der Waals surface area contributed by atoms with Gasteiger partial charge in [0.15, 0.2) is 0 Å². The molecule has 0 bridgehead atoms. The molecule has 1 unspecified atom stereocenters. The van der Waals surface area contributed by atoms with Crippen molar-refractivity contribution in [1.82, 2.24) is 10.2 Å². The fourth-order valence-corrected chi connectivity index (χ4v) is 2.52. The summed E-state index contributed by atoms with van der Waals surface area (Å²) in [6, 6.07) is 10.9. The molecular formula is C16H24N2O. The molecule has 1 atom stereocenters. The van der Waals surface area contributed by atoms with Crippen LogP contribution in [0.15, 0.2) is 30.3 Å². The van der Waals surface area contributed by atoms with Gasteiger partial charge in [-0.15, -0.1) is 0 Å². The summed E-state index contributed by atoms with van der Waals surface area (Å²) < 4.78 is 0. The Balaban J connectivity index is 1.77. The fourth-order valence-electron chi connectivity index (χ4n) is 2.52. The number of nitrogens with zero attached hydrogens (tertiary/aromatic N) is 1. The van der Waals surface area contributed by atoms with Gasteiger partial charge in [-0.05, 0) is 17.9 Å². The van der Waals surface area contributed by atoms with Crippen LogP contribution >= 0.6 is 0 Å². The molecule has 0 radical (unpaired) electrons. The number of nitrogens with one attached hydrogen (secondary N) is 1. The first-order chi connectivity index (χ1) is 9.15. The Morgan fingerprint density at radius 1 is 1.32 bits per heavy atom. The van der Waals surface area contributed by atoms with Crippen LogP contribution in [0.25, 0.3) is 0 Å². The van der Waals surface area contributed by atoms with E-state index in [0.29, 0.717) is 24.3 Å². The van der Waals surface area contributed by atoms with Crippen LogP contribution < -0.4 is 5.32 Å². The number of amides is 1. The molecule has 0 spiro atoms. The van der Waals surface area contributed by atoms with Gasteiger partial charge in [0.1, 0.15) is 0 Å². The molecule has 1 aliphatic heterocycles. The lowest BCUT2D eigenvalue weighted by Gasteiger charge is -2.17. The lowest BCUT2D eigenvalue weighted by atomic mass is 10.1. The zero-order valence-electron chi connectivity index (χ0n) is 11.9. The Morgan fingerprint density at radius 2 is 2.05 bits per heavy atom. The molecule has 3 nitrogen and oxygen atoms in total. The summed E-state index contributed by atoms with van der Waals surface area (Å²) in [5.41, 5.74) is 1.30. The quantitative estimate of drug-likeness (QED) is 0.849. The van der Waals surface area contributed by atoms with Gasteiger partial charge in [0.05, 0.1) is 0 Å². The summed E-state index contributed by atoms with van der Waals surface area (Å²) in [4.78, 5) is 14.0. The smallest absolute Gasteiger partial charge is 0.222 e. The summed E-state index contributed by atoms with van der Waals surface area (Å²) >= 11 is 0. The number of hydrogen-bond donors (Lipinski definition) is 1. The van der Waals surface area contributed by atoms with E-state index in [9.17, 15) is 4.79 Å². The van der Waals surface area contributed by atoms with Crippen LogP contribution in [0.3, 0.4) is 0 Å². The highest BCUT2D eigenvalue weighted by Gasteiger charge is 2.28. The van der Waals surface area contributed by atoms with Gasteiger partial charge in [0.2, 0.25) is 5.91 Å². The SMILES string of the molecule is CC(C)NCC1CC(=O)N(CCc2ccccc2)C1. The van der Waals surface area contributed by atoms with Gasteiger partial charge < -0.3 is 10.2 Å². The molecule has 19 heavy (non-hydrogen) atoms. The summed E-state index contributed by atoms with van der Waals surface area (Å²) in [7, 11) is 0. The third-order valence-electron chi connectivity index (χ3n) is 3.62. The van der Waals surface area contributed by atoms with Crippen molar-refractivity contribution in [1.29, 1.82) is 0 Å². The number of benzene rings is 1. The van der Waals surface area contributed by atoms with Crippen LogP contribution in [-0.2, 0) is 11.2 Å². The minimum absolute atomic E-state index is 0.312. The van der Waals surface area contributed by atoms with Gasteiger partial charge in [-0.3, -0.25) is 4.79 Å². The molecule has 1 N–H and O–H groups in total. The summed E-state index contributed by atoms with van der Waals surface area (Å²) in [5.74, 6) is 0.789. The molecule has 1 amide bonds. The van der Waals surface area contributed by atoms with Crippen molar-refractivity contribution in [2.75, 3.05) is 19.6 Å². The Labute approximate surface area is 116 Å². The summed E-state index contributed by atoms with van der Waals surface area (Å²) in [5, 5.41) is 3.42. The molecule has 0 aromatic heterocycles. The highest BCUT2D eigenvalue weighted by molar-refractivity contribution is 5.78. The van der Waals surface area contributed by atoms with Crippen LogP contribution in [0.4, 0.5) is 0 Å². The van der Waals surface area contributed by atoms with E-state index in [1.807, 2.05) is 11.0 Å². The first-order valence-electron chi connectivity index (χ1n) is 7.20. The fraction of sp³-hybridized carbons (Fsp3) is 0.562. The van der Waals surface area contributed by atoms with E-state index in [-0.39, 0.29) is 0 Å². The molecule has 1 heterocycles. The first-order valence-corrected chi connectivity index (χ1v) is 7.20. The molecule has 1 saturated heterocycles. The van der Waals surface area contributed by atoms with Gasteiger partial charge in [-0.2, -0.15) is 0 Å². The maximum Gasteiger partial charge on any atom is 0.222 e. The van der Waals surface area contributed by atoms with E-state index in [4.69, 9.17) is 0 Å². The van der Waals surface area contributed by atoms with E-state index in [0.717, 1.165) is 26.1 Å². The largest absolute Gasteiger partial charge is 0.342 e. The molecule has 1 aromatic carbocycles.